The third-order valence-electron chi connectivity index (χ3n) is 17.4. The molecule has 0 bridgehead atoms. The van der Waals surface area contributed by atoms with Crippen LogP contribution >= 0.6 is 15.6 Å². The van der Waals surface area contributed by atoms with Gasteiger partial charge in [0.25, 0.3) is 0 Å². The van der Waals surface area contributed by atoms with Crippen molar-refractivity contribution in [2.45, 2.75) is 401 Å². The van der Waals surface area contributed by atoms with E-state index in [0.717, 1.165) is 108 Å². The molecule has 0 saturated heterocycles. The summed E-state index contributed by atoms with van der Waals surface area (Å²) in [6, 6.07) is 0. The third-order valence-corrected chi connectivity index (χ3v) is 19.3. The van der Waals surface area contributed by atoms with E-state index < -0.39 is 97.5 Å². The predicted octanol–water partition coefficient (Wildman–Crippen LogP) is 21.8. The van der Waals surface area contributed by atoms with Crippen LogP contribution in [0.15, 0.2) is 0 Å². The fraction of sp³-hybridized carbons (Fsp3) is 0.947. The second-order valence-electron chi connectivity index (χ2n) is 28.5. The van der Waals surface area contributed by atoms with Crippen LogP contribution in [-0.2, 0) is 65.4 Å². The first-order valence-electron chi connectivity index (χ1n) is 38.8. The van der Waals surface area contributed by atoms with Crippen LogP contribution in [-0.4, -0.2) is 96.7 Å². The third kappa shape index (κ3) is 68.6. The van der Waals surface area contributed by atoms with E-state index in [9.17, 15) is 43.2 Å². The van der Waals surface area contributed by atoms with Gasteiger partial charge in [0.05, 0.1) is 26.4 Å². The lowest BCUT2D eigenvalue weighted by Gasteiger charge is -2.21. The van der Waals surface area contributed by atoms with Crippen LogP contribution in [0.2, 0.25) is 0 Å². The molecule has 0 aliphatic carbocycles. The van der Waals surface area contributed by atoms with Gasteiger partial charge in [0, 0.05) is 25.7 Å². The zero-order valence-corrected chi connectivity index (χ0v) is 63.2. The maximum atomic E-state index is 13.1. The Bertz CT molecular complexity index is 1840. The van der Waals surface area contributed by atoms with Crippen LogP contribution in [0.25, 0.3) is 0 Å². The maximum Gasteiger partial charge on any atom is 0.472 e. The second kappa shape index (κ2) is 65.7. The van der Waals surface area contributed by atoms with E-state index in [1.54, 1.807) is 0 Å². The van der Waals surface area contributed by atoms with Gasteiger partial charge in [-0.15, -0.1) is 0 Å². The van der Waals surface area contributed by atoms with Gasteiger partial charge in [-0.2, -0.15) is 0 Å². The molecule has 0 saturated carbocycles. The average Bonchev–Trinajstić information content (AvgIpc) is 2.19. The molecule has 0 amide bonds. The van der Waals surface area contributed by atoms with Gasteiger partial charge < -0.3 is 33.8 Å². The first-order valence-corrected chi connectivity index (χ1v) is 41.8. The van der Waals surface area contributed by atoms with E-state index >= 15 is 0 Å². The van der Waals surface area contributed by atoms with E-state index in [1.807, 2.05) is 0 Å². The number of phosphoric acid groups is 2. The summed E-state index contributed by atoms with van der Waals surface area (Å²) in [5.74, 6) is 0.210. The monoisotopic (exact) mass is 1380 g/mol. The van der Waals surface area contributed by atoms with Crippen LogP contribution in [0.4, 0.5) is 0 Å². The predicted molar refractivity (Wildman–Crippen MR) is 381 cm³/mol. The average molecular weight is 1380 g/mol. The normalized spacial score (nSPS) is 14.1. The number of carbonyl (C=O) groups is 4. The molecule has 2 unspecified atom stereocenters. The molecule has 94 heavy (non-hydrogen) atoms. The molecule has 19 heteroatoms. The van der Waals surface area contributed by atoms with Crippen molar-refractivity contribution in [3.05, 3.63) is 0 Å². The van der Waals surface area contributed by atoms with Crippen LogP contribution in [0.1, 0.15) is 382 Å². The Morgan fingerprint density at radius 3 is 0.723 bits per heavy atom. The van der Waals surface area contributed by atoms with E-state index in [0.29, 0.717) is 25.7 Å². The minimum absolute atomic E-state index is 0.106. The van der Waals surface area contributed by atoms with E-state index in [-0.39, 0.29) is 25.7 Å². The molecule has 3 N–H and O–H groups in total. The lowest BCUT2D eigenvalue weighted by molar-refractivity contribution is -0.161. The Labute approximate surface area is 575 Å². The number of ether oxygens (including phenoxy) is 4. The van der Waals surface area contributed by atoms with Crippen molar-refractivity contribution in [1.29, 1.82) is 0 Å². The molecule has 0 heterocycles. The Morgan fingerprint density at radius 1 is 0.287 bits per heavy atom. The Hall–Kier alpha value is -1.94. The van der Waals surface area contributed by atoms with E-state index in [2.05, 4.69) is 48.5 Å². The van der Waals surface area contributed by atoms with Crippen molar-refractivity contribution in [1.82, 2.24) is 0 Å². The molecule has 0 rings (SSSR count). The Balaban J connectivity index is 5.24. The molecule has 558 valence electrons. The molecule has 0 aliphatic rings. The maximum absolute atomic E-state index is 13.1. The molecule has 0 aromatic heterocycles. The molecule has 0 aromatic rings. The van der Waals surface area contributed by atoms with E-state index in [4.69, 9.17) is 37.0 Å². The van der Waals surface area contributed by atoms with Crippen molar-refractivity contribution >= 4 is 39.5 Å². The second-order valence-corrected chi connectivity index (χ2v) is 31.4. The van der Waals surface area contributed by atoms with Crippen LogP contribution in [0, 0.1) is 17.8 Å². The molecule has 0 spiro atoms. The van der Waals surface area contributed by atoms with Gasteiger partial charge in [-0.3, -0.25) is 37.3 Å². The number of hydrogen-bond acceptors (Lipinski definition) is 15. The lowest BCUT2D eigenvalue weighted by atomic mass is 10.0. The number of aliphatic hydroxyl groups is 1. The summed E-state index contributed by atoms with van der Waals surface area (Å²) in [5, 5.41) is 10.6. The smallest absolute Gasteiger partial charge is 0.462 e. The summed E-state index contributed by atoms with van der Waals surface area (Å²) in [7, 11) is -9.91. The van der Waals surface area contributed by atoms with Crippen molar-refractivity contribution in [2.75, 3.05) is 39.6 Å². The fourth-order valence-electron chi connectivity index (χ4n) is 11.4. The van der Waals surface area contributed by atoms with Gasteiger partial charge in [0.1, 0.15) is 19.3 Å². The number of aliphatic hydroxyl groups excluding tert-OH is 1. The highest BCUT2D eigenvalue weighted by atomic mass is 31.2. The summed E-state index contributed by atoms with van der Waals surface area (Å²) < 4.78 is 68.5. The van der Waals surface area contributed by atoms with Crippen molar-refractivity contribution in [3.63, 3.8) is 0 Å². The van der Waals surface area contributed by atoms with E-state index in [1.165, 1.54) is 193 Å². The number of esters is 4. The summed E-state index contributed by atoms with van der Waals surface area (Å²) in [5.41, 5.74) is 0. The lowest BCUT2D eigenvalue weighted by Crippen LogP contribution is -2.30. The summed E-state index contributed by atoms with van der Waals surface area (Å²) in [6.45, 7) is 11.9. The molecule has 17 nitrogen and oxygen atoms in total. The molecule has 0 aromatic carbocycles. The number of carbonyl (C=O) groups excluding carboxylic acids is 4. The van der Waals surface area contributed by atoms with Crippen molar-refractivity contribution in [3.8, 4) is 0 Å². The molecule has 0 aliphatic heterocycles. The molecule has 5 atom stereocenters. The van der Waals surface area contributed by atoms with Crippen molar-refractivity contribution in [2.24, 2.45) is 17.8 Å². The van der Waals surface area contributed by atoms with Gasteiger partial charge in [0.2, 0.25) is 0 Å². The quantitative estimate of drug-likeness (QED) is 0.0222. The highest BCUT2D eigenvalue weighted by molar-refractivity contribution is 7.47. The van der Waals surface area contributed by atoms with Gasteiger partial charge in [-0.05, 0) is 43.4 Å². The molecular formula is C75H146O17P2. The Morgan fingerprint density at radius 2 is 0.489 bits per heavy atom. The zero-order chi connectivity index (χ0) is 69.4. The standard InChI is InChI=1S/C75H146O17P2/c1-8-9-10-11-12-25-35-42-49-56-72(77)85-62-70(92-75(80)59-52-45-38-31-24-23-28-34-41-48-55-68(6)7)64-89-93(81,82)87-60-69(76)61-88-94(83,84)90-65-71(63-86-73(78)57-50-43-36-29-21-18-17-20-27-33-40-47-54-67(4)5)91-74(79)58-51-44-37-30-22-16-14-13-15-19-26-32-39-46-53-66(2)3/h66-71,76H,8-65H2,1-7H3,(H,81,82)(H,83,84)/t69-,70+,71+/m0/s1. The van der Waals surface area contributed by atoms with Gasteiger partial charge in [-0.1, -0.05) is 331 Å². The zero-order valence-electron chi connectivity index (χ0n) is 61.4. The number of hydrogen-bond donors (Lipinski definition) is 3. The van der Waals surface area contributed by atoms with Crippen molar-refractivity contribution < 1.29 is 80.2 Å². The largest absolute Gasteiger partial charge is 0.472 e. The minimum atomic E-state index is -4.96. The number of phosphoric ester groups is 2. The van der Waals surface area contributed by atoms with Gasteiger partial charge in [-0.25, -0.2) is 9.13 Å². The number of rotatable bonds is 73. The first kappa shape index (κ1) is 92.1. The highest BCUT2D eigenvalue weighted by Gasteiger charge is 2.30. The summed E-state index contributed by atoms with van der Waals surface area (Å²) >= 11 is 0. The van der Waals surface area contributed by atoms with Crippen LogP contribution < -0.4 is 0 Å². The SMILES string of the molecule is CCCCCCCCCCCC(=O)OC[C@H](COP(=O)(O)OC[C@H](O)COP(=O)(O)OC[C@@H](COC(=O)CCCCCCCCCCCCCCC(C)C)OC(=O)CCCCCCCCCCCCCCCCC(C)C)OC(=O)CCCCCCCCCCCCC(C)C. The molecule has 0 fully saturated rings. The fourth-order valence-corrected chi connectivity index (χ4v) is 13.0. The summed E-state index contributed by atoms with van der Waals surface area (Å²) in [6.07, 6.45) is 51.3. The van der Waals surface area contributed by atoms with Crippen LogP contribution in [0.5, 0.6) is 0 Å². The van der Waals surface area contributed by atoms with Gasteiger partial charge >= 0.3 is 39.5 Å². The Kier molecular flexibility index (Phi) is 64.3. The van der Waals surface area contributed by atoms with Gasteiger partial charge in [0.15, 0.2) is 12.2 Å². The topological polar surface area (TPSA) is 237 Å². The molecule has 0 radical (unpaired) electrons. The van der Waals surface area contributed by atoms with Crippen LogP contribution in [0.3, 0.4) is 0 Å². The first-order chi connectivity index (χ1) is 45.2. The number of unbranched alkanes of at least 4 members (excludes halogenated alkanes) is 41. The highest BCUT2D eigenvalue weighted by Crippen LogP contribution is 2.45. The minimum Gasteiger partial charge on any atom is -0.462 e. The molecular weight excluding hydrogens is 1230 g/mol. The summed E-state index contributed by atoms with van der Waals surface area (Å²) in [4.78, 5) is 72.7.